The van der Waals surface area contributed by atoms with Crippen molar-refractivity contribution in [2.24, 2.45) is 11.8 Å². The predicted molar refractivity (Wildman–Crippen MR) is 77.1 cm³/mol. The Labute approximate surface area is 118 Å². The Balaban J connectivity index is 2.39. The molecular formula is C14H21N5O. The molecule has 2 aromatic rings. The van der Waals surface area contributed by atoms with Gasteiger partial charge in [-0.2, -0.15) is 0 Å². The zero-order valence-electron chi connectivity index (χ0n) is 12.0. The highest BCUT2D eigenvalue weighted by Gasteiger charge is 2.28. The van der Waals surface area contributed by atoms with Crippen LogP contribution in [0.4, 0.5) is 0 Å². The summed E-state index contributed by atoms with van der Waals surface area (Å²) in [7, 11) is 1.69. The number of methoxy groups -OCH3 is 1. The van der Waals surface area contributed by atoms with E-state index in [0.717, 1.165) is 11.4 Å². The Morgan fingerprint density at radius 3 is 2.50 bits per heavy atom. The van der Waals surface area contributed by atoms with Gasteiger partial charge in [0, 0.05) is 7.11 Å². The Hall–Kier alpha value is -1.76. The number of nitrogens with zero attached hydrogens (tertiary/aromatic N) is 3. The summed E-state index contributed by atoms with van der Waals surface area (Å²) in [5.41, 5.74) is 4.64. The van der Waals surface area contributed by atoms with Crippen molar-refractivity contribution in [3.05, 3.63) is 42.2 Å². The summed E-state index contributed by atoms with van der Waals surface area (Å²) < 4.78 is 7.34. The summed E-state index contributed by atoms with van der Waals surface area (Å²) in [4.78, 5) is 0. The summed E-state index contributed by atoms with van der Waals surface area (Å²) in [5, 5.41) is 8.15. The second-order valence-electron chi connectivity index (χ2n) is 4.99. The lowest BCUT2D eigenvalue weighted by atomic mass is 9.97. The Morgan fingerprint density at radius 1 is 1.25 bits per heavy atom. The van der Waals surface area contributed by atoms with Crippen LogP contribution in [-0.2, 0) is 4.74 Å². The lowest BCUT2D eigenvalue weighted by Crippen LogP contribution is -2.41. The zero-order valence-corrected chi connectivity index (χ0v) is 12.0. The molecule has 0 aliphatic rings. The lowest BCUT2D eigenvalue weighted by Gasteiger charge is -2.28. The van der Waals surface area contributed by atoms with Crippen molar-refractivity contribution >= 4 is 0 Å². The van der Waals surface area contributed by atoms with Crippen LogP contribution < -0.4 is 11.3 Å². The maximum Gasteiger partial charge on any atom is 0.0913 e. The van der Waals surface area contributed by atoms with Gasteiger partial charge in [-0.05, 0) is 18.1 Å². The third-order valence-corrected chi connectivity index (χ3v) is 3.33. The number of rotatable bonds is 6. The molecule has 0 amide bonds. The number of hydrogen-bond acceptors (Lipinski definition) is 5. The van der Waals surface area contributed by atoms with Crippen molar-refractivity contribution in [2.75, 3.05) is 7.11 Å². The molecule has 0 fully saturated rings. The SMILES string of the molecule is COC(C(C)C)C(NN)c1cnnn1-c1ccccc1. The van der Waals surface area contributed by atoms with E-state index in [9.17, 15) is 0 Å². The fourth-order valence-electron chi connectivity index (χ4n) is 2.37. The van der Waals surface area contributed by atoms with Crippen LogP contribution in [0.25, 0.3) is 5.69 Å². The van der Waals surface area contributed by atoms with Crippen molar-refractivity contribution in [3.8, 4) is 5.69 Å². The van der Waals surface area contributed by atoms with Gasteiger partial charge in [0.05, 0.1) is 29.7 Å². The molecule has 0 radical (unpaired) electrons. The third-order valence-electron chi connectivity index (χ3n) is 3.33. The van der Waals surface area contributed by atoms with Crippen molar-refractivity contribution in [3.63, 3.8) is 0 Å². The minimum atomic E-state index is -0.185. The molecule has 1 heterocycles. The van der Waals surface area contributed by atoms with E-state index >= 15 is 0 Å². The first-order valence-corrected chi connectivity index (χ1v) is 6.64. The molecule has 1 aromatic carbocycles. The van der Waals surface area contributed by atoms with E-state index in [1.165, 1.54) is 0 Å². The highest BCUT2D eigenvalue weighted by Crippen LogP contribution is 2.24. The summed E-state index contributed by atoms with van der Waals surface area (Å²) in [6.45, 7) is 4.18. The minimum Gasteiger partial charge on any atom is -0.379 e. The summed E-state index contributed by atoms with van der Waals surface area (Å²) in [5.74, 6) is 6.03. The fraction of sp³-hybridized carbons (Fsp3) is 0.429. The Bertz CT molecular complexity index is 525. The largest absolute Gasteiger partial charge is 0.379 e. The number of benzene rings is 1. The molecule has 20 heavy (non-hydrogen) atoms. The van der Waals surface area contributed by atoms with Crippen molar-refractivity contribution in [2.45, 2.75) is 26.0 Å². The number of ether oxygens (including phenoxy) is 1. The highest BCUT2D eigenvalue weighted by atomic mass is 16.5. The van der Waals surface area contributed by atoms with E-state index in [-0.39, 0.29) is 12.1 Å². The van der Waals surface area contributed by atoms with Gasteiger partial charge >= 0.3 is 0 Å². The van der Waals surface area contributed by atoms with E-state index in [4.69, 9.17) is 10.6 Å². The van der Waals surface area contributed by atoms with Gasteiger partial charge in [-0.3, -0.25) is 5.84 Å². The summed E-state index contributed by atoms with van der Waals surface area (Å²) >= 11 is 0. The molecule has 0 bridgehead atoms. The van der Waals surface area contributed by atoms with Gasteiger partial charge in [-0.15, -0.1) is 5.10 Å². The molecule has 6 heteroatoms. The monoisotopic (exact) mass is 275 g/mol. The van der Waals surface area contributed by atoms with Crippen molar-refractivity contribution in [1.29, 1.82) is 0 Å². The molecule has 6 nitrogen and oxygen atoms in total. The van der Waals surface area contributed by atoms with Gasteiger partial charge in [0.25, 0.3) is 0 Å². The van der Waals surface area contributed by atoms with E-state index in [1.807, 2.05) is 30.3 Å². The third kappa shape index (κ3) is 2.87. The number of aromatic nitrogens is 3. The van der Waals surface area contributed by atoms with Crippen LogP contribution in [0.15, 0.2) is 36.5 Å². The average molecular weight is 275 g/mol. The van der Waals surface area contributed by atoms with Crippen LogP contribution in [0.1, 0.15) is 25.6 Å². The maximum atomic E-state index is 5.73. The molecule has 2 unspecified atom stereocenters. The van der Waals surface area contributed by atoms with Crippen LogP contribution in [0, 0.1) is 5.92 Å². The van der Waals surface area contributed by atoms with Crippen molar-refractivity contribution < 1.29 is 4.74 Å². The van der Waals surface area contributed by atoms with E-state index in [2.05, 4.69) is 29.6 Å². The molecule has 0 saturated carbocycles. The second kappa shape index (κ2) is 6.60. The lowest BCUT2D eigenvalue weighted by molar-refractivity contribution is 0.0307. The Morgan fingerprint density at radius 2 is 1.95 bits per heavy atom. The highest BCUT2D eigenvalue weighted by molar-refractivity contribution is 5.32. The number of para-hydroxylation sites is 1. The maximum absolute atomic E-state index is 5.73. The van der Waals surface area contributed by atoms with E-state index in [1.54, 1.807) is 18.0 Å². The molecule has 0 aliphatic carbocycles. The summed E-state index contributed by atoms with van der Waals surface area (Å²) in [6.07, 6.45) is 1.65. The Kier molecular flexibility index (Phi) is 4.84. The van der Waals surface area contributed by atoms with Crippen LogP contribution in [0.2, 0.25) is 0 Å². The van der Waals surface area contributed by atoms with Gasteiger partial charge < -0.3 is 4.74 Å². The first-order valence-electron chi connectivity index (χ1n) is 6.64. The van der Waals surface area contributed by atoms with Crippen LogP contribution in [-0.4, -0.2) is 28.2 Å². The first-order chi connectivity index (χ1) is 9.69. The fourth-order valence-corrected chi connectivity index (χ4v) is 2.37. The van der Waals surface area contributed by atoms with Gasteiger partial charge in [0.15, 0.2) is 0 Å². The van der Waals surface area contributed by atoms with E-state index < -0.39 is 0 Å². The normalized spacial score (nSPS) is 14.4. The zero-order chi connectivity index (χ0) is 14.5. The van der Waals surface area contributed by atoms with Crippen LogP contribution in [0.3, 0.4) is 0 Å². The quantitative estimate of drug-likeness (QED) is 0.616. The molecule has 0 aliphatic heterocycles. The number of hydrogen-bond donors (Lipinski definition) is 2. The van der Waals surface area contributed by atoms with Crippen LogP contribution >= 0.6 is 0 Å². The molecule has 108 valence electrons. The smallest absolute Gasteiger partial charge is 0.0913 e. The standard InChI is InChI=1S/C14H21N5O/c1-10(2)14(20-3)13(17-15)12-9-16-18-19(12)11-7-5-4-6-8-11/h4-10,13-14,17H,15H2,1-3H3. The summed E-state index contributed by atoms with van der Waals surface area (Å²) in [6, 6.07) is 9.65. The number of hydrazine groups is 1. The average Bonchev–Trinajstić information content (AvgIpc) is 2.94. The molecule has 2 atom stereocenters. The first kappa shape index (κ1) is 14.6. The predicted octanol–water partition coefficient (Wildman–Crippen LogP) is 1.44. The van der Waals surface area contributed by atoms with Crippen molar-refractivity contribution in [1.82, 2.24) is 20.4 Å². The molecule has 2 rings (SSSR count). The molecular weight excluding hydrogens is 254 g/mol. The van der Waals surface area contributed by atoms with E-state index in [0.29, 0.717) is 5.92 Å². The minimum absolute atomic E-state index is 0.0686. The van der Waals surface area contributed by atoms with Gasteiger partial charge in [0.2, 0.25) is 0 Å². The molecule has 3 N–H and O–H groups in total. The molecule has 0 saturated heterocycles. The number of nitrogens with two attached hydrogens (primary N) is 1. The van der Waals surface area contributed by atoms with Gasteiger partial charge in [-0.25, -0.2) is 10.1 Å². The van der Waals surface area contributed by atoms with Gasteiger partial charge in [-0.1, -0.05) is 37.3 Å². The van der Waals surface area contributed by atoms with Gasteiger partial charge in [0.1, 0.15) is 0 Å². The number of nitrogens with one attached hydrogen (secondary N) is 1. The second-order valence-corrected chi connectivity index (χ2v) is 4.99. The van der Waals surface area contributed by atoms with Crippen LogP contribution in [0.5, 0.6) is 0 Å². The topological polar surface area (TPSA) is 78.0 Å². The molecule has 1 aromatic heterocycles. The molecule has 0 spiro atoms.